The Hall–Kier alpha value is -3.29. The Labute approximate surface area is 213 Å². The highest BCUT2D eigenvalue weighted by Crippen LogP contribution is 2.53. The fourth-order valence-corrected chi connectivity index (χ4v) is 6.97. The van der Waals surface area contributed by atoms with Crippen LogP contribution in [0.3, 0.4) is 0 Å². The van der Waals surface area contributed by atoms with Gasteiger partial charge in [0.1, 0.15) is 5.84 Å². The van der Waals surface area contributed by atoms with Crippen molar-refractivity contribution in [1.82, 2.24) is 4.57 Å². The normalized spacial score (nSPS) is 16.9. The van der Waals surface area contributed by atoms with Crippen molar-refractivity contribution in [2.75, 3.05) is 11.1 Å². The highest BCUT2D eigenvalue weighted by atomic mass is 32.2. The lowest BCUT2D eigenvalue weighted by molar-refractivity contribution is -0.113. The lowest BCUT2D eigenvalue weighted by atomic mass is 9.89. The maximum Gasteiger partial charge on any atom is 0.253 e. The number of rotatable bonds is 6. The molecule has 0 fully saturated rings. The summed E-state index contributed by atoms with van der Waals surface area (Å²) < 4.78 is 2.75. The van der Waals surface area contributed by atoms with E-state index in [0.717, 1.165) is 37.2 Å². The van der Waals surface area contributed by atoms with Crippen molar-refractivity contribution in [2.45, 2.75) is 26.7 Å². The smallest absolute Gasteiger partial charge is 0.253 e. The summed E-state index contributed by atoms with van der Waals surface area (Å²) >= 11 is 2.94. The van der Waals surface area contributed by atoms with Gasteiger partial charge in [-0.15, -0.1) is 11.8 Å². The number of para-hydroxylation sites is 1. The molecule has 3 aromatic rings. The number of ketones is 1. The second-order valence-corrected chi connectivity index (χ2v) is 11.2. The van der Waals surface area contributed by atoms with Gasteiger partial charge in [0.25, 0.3) is 5.91 Å². The number of Topliss-reactive ketones (excluding diaryl/α,β-unsaturated/α-hetero) is 1. The number of nitrogens with zero attached hydrogens (tertiary/aromatic N) is 1. The molecule has 176 valence electrons. The third-order valence-corrected chi connectivity index (χ3v) is 8.76. The van der Waals surface area contributed by atoms with Gasteiger partial charge in [-0.3, -0.25) is 15.0 Å². The Kier molecular flexibility index (Phi) is 6.30. The van der Waals surface area contributed by atoms with E-state index in [-0.39, 0.29) is 23.4 Å². The first-order chi connectivity index (χ1) is 16.8. The zero-order valence-corrected chi connectivity index (χ0v) is 21.3. The van der Waals surface area contributed by atoms with E-state index in [2.05, 4.69) is 5.32 Å². The van der Waals surface area contributed by atoms with Gasteiger partial charge >= 0.3 is 0 Å². The van der Waals surface area contributed by atoms with E-state index in [1.807, 2.05) is 92.2 Å². The van der Waals surface area contributed by atoms with Gasteiger partial charge in [0.2, 0.25) is 0 Å². The number of nitrogens with one attached hydrogen (secondary N) is 2. The van der Waals surface area contributed by atoms with Crippen LogP contribution in [0, 0.1) is 19.3 Å². The number of aryl methyl sites for hydroxylation is 2. The fraction of sp³-hybridized carbons (Fsp3) is 0.179. The molecule has 1 atom stereocenters. The molecule has 0 radical (unpaired) electrons. The Morgan fingerprint density at radius 3 is 2.51 bits per heavy atom. The van der Waals surface area contributed by atoms with Gasteiger partial charge in [0.05, 0.1) is 15.9 Å². The van der Waals surface area contributed by atoms with Crippen LogP contribution in [0.1, 0.15) is 40.0 Å². The van der Waals surface area contributed by atoms with Crippen molar-refractivity contribution in [3.8, 4) is 0 Å². The first kappa shape index (κ1) is 23.5. The molecule has 2 N–H and O–H groups in total. The summed E-state index contributed by atoms with van der Waals surface area (Å²) in [6, 6.07) is 19.2. The highest BCUT2D eigenvalue weighted by molar-refractivity contribution is 8.24. The maximum absolute atomic E-state index is 13.6. The molecule has 0 saturated heterocycles. The number of aromatic nitrogens is 1. The van der Waals surface area contributed by atoms with Crippen LogP contribution >= 0.6 is 23.5 Å². The standard InChI is InChI=1S/C28H25N3O2S2/c1-16-10-12-19(13-11-16)22(32)15-34-28-25-24(21-9-6-14-31(21)26(25)29)23(18(3)35-28)27(33)30-20-8-5-4-7-17(20)2/h4-14,24,29H,15H2,1-3H3,(H,30,33). The van der Waals surface area contributed by atoms with Crippen LogP contribution in [0.5, 0.6) is 0 Å². The van der Waals surface area contributed by atoms with Gasteiger partial charge in [-0.05, 0) is 49.4 Å². The predicted molar refractivity (Wildman–Crippen MR) is 145 cm³/mol. The van der Waals surface area contributed by atoms with Crippen LogP contribution in [-0.2, 0) is 4.79 Å². The third-order valence-electron chi connectivity index (χ3n) is 6.34. The van der Waals surface area contributed by atoms with Gasteiger partial charge in [0.15, 0.2) is 5.78 Å². The molecule has 0 spiro atoms. The topological polar surface area (TPSA) is 75.0 Å². The highest BCUT2D eigenvalue weighted by Gasteiger charge is 2.43. The third kappa shape index (κ3) is 4.30. The van der Waals surface area contributed by atoms with Gasteiger partial charge in [-0.2, -0.15) is 0 Å². The van der Waals surface area contributed by atoms with Crippen molar-refractivity contribution in [3.05, 3.63) is 110 Å². The molecule has 1 unspecified atom stereocenters. The van der Waals surface area contributed by atoms with Crippen LogP contribution in [0.2, 0.25) is 0 Å². The number of benzene rings is 2. The molecule has 0 bridgehead atoms. The van der Waals surface area contributed by atoms with Crippen LogP contribution in [0.15, 0.2) is 87.1 Å². The molecule has 2 aliphatic heterocycles. The maximum atomic E-state index is 13.6. The van der Waals surface area contributed by atoms with Gasteiger partial charge in [-0.1, -0.05) is 59.8 Å². The minimum Gasteiger partial charge on any atom is -0.322 e. The van der Waals surface area contributed by atoms with Crippen molar-refractivity contribution in [3.63, 3.8) is 0 Å². The molecule has 5 rings (SSSR count). The van der Waals surface area contributed by atoms with E-state index in [1.54, 1.807) is 0 Å². The quantitative estimate of drug-likeness (QED) is 0.379. The number of anilines is 1. The zero-order valence-electron chi connectivity index (χ0n) is 19.7. The molecule has 5 nitrogen and oxygen atoms in total. The van der Waals surface area contributed by atoms with Gasteiger partial charge in [-0.25, -0.2) is 0 Å². The first-order valence-electron chi connectivity index (χ1n) is 11.3. The number of carbonyl (C=O) groups is 2. The number of hydrogen-bond acceptors (Lipinski definition) is 5. The van der Waals surface area contributed by atoms with Crippen LogP contribution in [0.4, 0.5) is 5.69 Å². The number of hydrogen-bond donors (Lipinski definition) is 2. The Morgan fingerprint density at radius 2 is 1.77 bits per heavy atom. The Morgan fingerprint density at radius 1 is 1.03 bits per heavy atom. The monoisotopic (exact) mass is 499 g/mol. The van der Waals surface area contributed by atoms with Crippen LogP contribution in [-0.4, -0.2) is 27.8 Å². The second kappa shape index (κ2) is 9.40. The molecule has 1 amide bonds. The van der Waals surface area contributed by atoms with E-state index in [9.17, 15) is 9.59 Å². The van der Waals surface area contributed by atoms with E-state index in [0.29, 0.717) is 17.0 Å². The van der Waals surface area contributed by atoms with Crippen molar-refractivity contribution in [1.29, 1.82) is 5.41 Å². The molecular formula is C28H25N3O2S2. The molecule has 1 aromatic heterocycles. The lowest BCUT2D eigenvalue weighted by Gasteiger charge is -2.26. The molecule has 3 heterocycles. The van der Waals surface area contributed by atoms with Crippen LogP contribution in [0.25, 0.3) is 0 Å². The average molecular weight is 500 g/mol. The summed E-state index contributed by atoms with van der Waals surface area (Å²) in [5.74, 6) is 0.200. The predicted octanol–water partition coefficient (Wildman–Crippen LogP) is 6.51. The average Bonchev–Trinajstić information content (AvgIpc) is 3.42. The second-order valence-electron chi connectivity index (χ2n) is 8.70. The number of fused-ring (bicyclic) bond motifs is 3. The van der Waals surface area contributed by atoms with E-state index in [4.69, 9.17) is 5.41 Å². The van der Waals surface area contributed by atoms with E-state index >= 15 is 0 Å². The molecule has 0 saturated carbocycles. The summed E-state index contributed by atoms with van der Waals surface area (Å²) in [7, 11) is 0. The first-order valence-corrected chi connectivity index (χ1v) is 13.1. The molecule has 2 aliphatic rings. The Bertz CT molecular complexity index is 1430. The summed E-state index contributed by atoms with van der Waals surface area (Å²) in [5.41, 5.74) is 5.93. The minimum absolute atomic E-state index is 0.0501. The largest absolute Gasteiger partial charge is 0.322 e. The van der Waals surface area contributed by atoms with Crippen molar-refractivity contribution >= 4 is 46.7 Å². The molecule has 35 heavy (non-hydrogen) atoms. The van der Waals surface area contributed by atoms with Gasteiger partial charge in [0, 0.05) is 34.3 Å². The number of carbonyl (C=O) groups excluding carboxylic acids is 2. The summed E-state index contributed by atoms with van der Waals surface area (Å²) in [4.78, 5) is 27.3. The molecule has 0 aliphatic carbocycles. The van der Waals surface area contributed by atoms with E-state index < -0.39 is 0 Å². The molecule has 7 heteroatoms. The number of thioether (sulfide) groups is 2. The summed E-state index contributed by atoms with van der Waals surface area (Å²) in [5, 5.41) is 11.9. The minimum atomic E-state index is -0.334. The lowest BCUT2D eigenvalue weighted by Crippen LogP contribution is -2.23. The number of amides is 1. The Balaban J connectivity index is 1.46. The number of allylic oxidation sites excluding steroid dienone is 2. The zero-order chi connectivity index (χ0) is 24.7. The van der Waals surface area contributed by atoms with Crippen molar-refractivity contribution < 1.29 is 9.59 Å². The molecular weight excluding hydrogens is 474 g/mol. The SMILES string of the molecule is CC1=C(C(=O)Nc2ccccc2C)C2C(=C(SCC(=O)c3ccc(C)cc3)S1)C(=N)n1cccc12. The van der Waals surface area contributed by atoms with Crippen molar-refractivity contribution in [2.24, 2.45) is 0 Å². The van der Waals surface area contributed by atoms with Gasteiger partial charge < -0.3 is 9.88 Å². The molecule has 2 aromatic carbocycles. The summed E-state index contributed by atoms with van der Waals surface area (Å²) in [6.07, 6.45) is 1.86. The van der Waals surface area contributed by atoms with E-state index in [1.165, 1.54) is 23.5 Å². The van der Waals surface area contributed by atoms with Crippen LogP contribution < -0.4 is 5.32 Å². The fourth-order valence-electron chi connectivity index (χ4n) is 4.46. The summed E-state index contributed by atoms with van der Waals surface area (Å²) in [6.45, 7) is 5.91.